The molecule has 2 rings (SSSR count). The minimum atomic E-state index is 0. The molecular formula is C8H9BrClN5. The maximum Gasteiger partial charge on any atom is 0.170 e. The Hall–Kier alpha value is -0.980. The van der Waals surface area contributed by atoms with Gasteiger partial charge in [-0.05, 0) is 34.7 Å². The van der Waals surface area contributed by atoms with Gasteiger partial charge in [-0.3, -0.25) is 0 Å². The van der Waals surface area contributed by atoms with Gasteiger partial charge < -0.3 is 5.73 Å². The number of nitrogens with zero attached hydrogens (tertiary/aromatic N) is 4. The molecule has 0 fully saturated rings. The molecule has 1 aromatic heterocycles. The smallest absolute Gasteiger partial charge is 0.170 e. The van der Waals surface area contributed by atoms with Gasteiger partial charge >= 0.3 is 0 Å². The third-order valence-corrected chi connectivity index (χ3v) is 2.32. The summed E-state index contributed by atoms with van der Waals surface area (Å²) in [6.07, 6.45) is 0. The Morgan fingerprint density at radius 2 is 1.93 bits per heavy atom. The van der Waals surface area contributed by atoms with E-state index in [1.807, 2.05) is 24.3 Å². The predicted octanol–water partition coefficient (Wildman–Crippen LogP) is 1.31. The molecule has 0 aliphatic carbocycles. The summed E-state index contributed by atoms with van der Waals surface area (Å²) < 4.78 is 2.63. The first-order chi connectivity index (χ1) is 6.81. The van der Waals surface area contributed by atoms with Crippen molar-refractivity contribution in [2.45, 2.75) is 6.54 Å². The molecular weight excluding hydrogens is 281 g/mol. The van der Waals surface area contributed by atoms with Crippen LogP contribution < -0.4 is 5.73 Å². The minimum Gasteiger partial charge on any atom is -0.324 e. The summed E-state index contributed by atoms with van der Waals surface area (Å²) in [6.45, 7) is 0.322. The van der Waals surface area contributed by atoms with Crippen molar-refractivity contribution in [2.75, 3.05) is 0 Å². The zero-order valence-electron chi connectivity index (χ0n) is 7.67. The van der Waals surface area contributed by atoms with E-state index in [1.165, 1.54) is 0 Å². The maximum absolute atomic E-state index is 5.49. The van der Waals surface area contributed by atoms with Crippen molar-refractivity contribution in [3.63, 3.8) is 0 Å². The first kappa shape index (κ1) is 12.1. The molecule has 0 bridgehead atoms. The van der Waals surface area contributed by atoms with Crippen LogP contribution in [-0.2, 0) is 6.54 Å². The Bertz CT molecular complexity index is 427. The van der Waals surface area contributed by atoms with Gasteiger partial charge in [-0.25, -0.2) is 0 Å². The van der Waals surface area contributed by atoms with Crippen LogP contribution in [-0.4, -0.2) is 20.2 Å². The molecule has 7 heteroatoms. The van der Waals surface area contributed by atoms with Crippen molar-refractivity contribution in [1.29, 1.82) is 0 Å². The topological polar surface area (TPSA) is 69.6 Å². The van der Waals surface area contributed by atoms with Gasteiger partial charge in [-0.15, -0.1) is 17.5 Å². The second-order valence-electron chi connectivity index (χ2n) is 2.69. The molecule has 0 aliphatic rings. The highest BCUT2D eigenvalue weighted by Gasteiger charge is 2.05. The molecule has 0 amide bonds. The standard InChI is InChI=1S/C8H8BrN5.ClH/c9-6-1-3-7(4-2-6)14-8(5-10)11-12-13-14;/h1-4H,5,10H2;1H. The molecule has 0 saturated carbocycles. The number of hydrogen-bond donors (Lipinski definition) is 1. The second kappa shape index (κ2) is 5.20. The van der Waals surface area contributed by atoms with Crippen molar-refractivity contribution >= 4 is 28.3 Å². The Labute approximate surface area is 101 Å². The molecule has 0 unspecified atom stereocenters. The van der Waals surface area contributed by atoms with E-state index in [9.17, 15) is 0 Å². The predicted molar refractivity (Wildman–Crippen MR) is 62.0 cm³/mol. The van der Waals surface area contributed by atoms with Crippen LogP contribution in [0.4, 0.5) is 0 Å². The van der Waals surface area contributed by atoms with E-state index in [0.29, 0.717) is 12.4 Å². The van der Waals surface area contributed by atoms with Crippen molar-refractivity contribution in [3.05, 3.63) is 34.6 Å². The first-order valence-electron chi connectivity index (χ1n) is 4.04. The normalized spacial score (nSPS) is 9.73. The third kappa shape index (κ3) is 2.53. The summed E-state index contributed by atoms with van der Waals surface area (Å²) in [7, 11) is 0. The lowest BCUT2D eigenvalue weighted by molar-refractivity contribution is 0.761. The molecule has 0 radical (unpaired) electrons. The highest BCUT2D eigenvalue weighted by atomic mass is 79.9. The lowest BCUT2D eigenvalue weighted by Crippen LogP contribution is -2.07. The summed E-state index contributed by atoms with van der Waals surface area (Å²) in [5.41, 5.74) is 6.39. The molecule has 0 spiro atoms. The van der Waals surface area contributed by atoms with Crippen LogP contribution in [0.25, 0.3) is 5.69 Å². The third-order valence-electron chi connectivity index (χ3n) is 1.79. The molecule has 15 heavy (non-hydrogen) atoms. The molecule has 0 saturated heterocycles. The number of nitrogens with two attached hydrogens (primary N) is 1. The van der Waals surface area contributed by atoms with Gasteiger partial charge in [0.1, 0.15) is 0 Å². The number of benzene rings is 1. The van der Waals surface area contributed by atoms with Gasteiger partial charge in [0, 0.05) is 4.47 Å². The molecule has 2 aromatic rings. The van der Waals surface area contributed by atoms with E-state index in [4.69, 9.17) is 5.73 Å². The quantitative estimate of drug-likeness (QED) is 0.905. The summed E-state index contributed by atoms with van der Waals surface area (Å²) in [6, 6.07) is 7.69. The van der Waals surface area contributed by atoms with E-state index in [-0.39, 0.29) is 12.4 Å². The van der Waals surface area contributed by atoms with Crippen LogP contribution in [0.15, 0.2) is 28.7 Å². The van der Waals surface area contributed by atoms with E-state index in [1.54, 1.807) is 4.68 Å². The van der Waals surface area contributed by atoms with Gasteiger partial charge in [0.15, 0.2) is 5.82 Å². The van der Waals surface area contributed by atoms with Crippen LogP contribution in [0.1, 0.15) is 5.82 Å². The Kier molecular flexibility index (Phi) is 4.19. The summed E-state index contributed by atoms with van der Waals surface area (Å²) in [5, 5.41) is 11.2. The summed E-state index contributed by atoms with van der Waals surface area (Å²) in [5.74, 6) is 0.646. The lowest BCUT2D eigenvalue weighted by atomic mass is 10.3. The number of hydrogen-bond acceptors (Lipinski definition) is 4. The monoisotopic (exact) mass is 289 g/mol. The lowest BCUT2D eigenvalue weighted by Gasteiger charge is -2.01. The van der Waals surface area contributed by atoms with Gasteiger partial charge in [-0.1, -0.05) is 15.9 Å². The van der Waals surface area contributed by atoms with E-state index in [2.05, 4.69) is 31.5 Å². The first-order valence-corrected chi connectivity index (χ1v) is 4.84. The highest BCUT2D eigenvalue weighted by Crippen LogP contribution is 2.13. The van der Waals surface area contributed by atoms with Crippen LogP contribution in [0.5, 0.6) is 0 Å². The summed E-state index contributed by atoms with van der Waals surface area (Å²) >= 11 is 3.36. The molecule has 0 atom stereocenters. The fraction of sp³-hybridized carbons (Fsp3) is 0.125. The van der Waals surface area contributed by atoms with E-state index < -0.39 is 0 Å². The van der Waals surface area contributed by atoms with Crippen molar-refractivity contribution in [3.8, 4) is 5.69 Å². The van der Waals surface area contributed by atoms with Gasteiger partial charge in [0.2, 0.25) is 0 Å². The number of aromatic nitrogens is 4. The van der Waals surface area contributed by atoms with Crippen molar-refractivity contribution in [2.24, 2.45) is 5.73 Å². The second-order valence-corrected chi connectivity index (χ2v) is 3.60. The van der Waals surface area contributed by atoms with Crippen LogP contribution in [0, 0.1) is 0 Å². The minimum absolute atomic E-state index is 0. The average Bonchev–Trinajstić information content (AvgIpc) is 2.67. The van der Waals surface area contributed by atoms with E-state index in [0.717, 1.165) is 10.2 Å². The zero-order valence-corrected chi connectivity index (χ0v) is 10.1. The zero-order chi connectivity index (χ0) is 9.97. The molecule has 1 aromatic carbocycles. The maximum atomic E-state index is 5.49. The number of halogens is 2. The van der Waals surface area contributed by atoms with Crippen LogP contribution >= 0.6 is 28.3 Å². The highest BCUT2D eigenvalue weighted by molar-refractivity contribution is 9.10. The van der Waals surface area contributed by atoms with Gasteiger partial charge in [0.25, 0.3) is 0 Å². The average molecular weight is 291 g/mol. The molecule has 2 N–H and O–H groups in total. The number of tetrazole rings is 1. The Morgan fingerprint density at radius 1 is 1.27 bits per heavy atom. The SMILES string of the molecule is Cl.NCc1nnnn1-c1ccc(Br)cc1. The molecule has 1 heterocycles. The Morgan fingerprint density at radius 3 is 2.53 bits per heavy atom. The molecule has 80 valence electrons. The van der Waals surface area contributed by atoms with Crippen LogP contribution in [0.2, 0.25) is 0 Å². The van der Waals surface area contributed by atoms with Gasteiger partial charge in [0.05, 0.1) is 12.2 Å². The number of rotatable bonds is 2. The largest absolute Gasteiger partial charge is 0.324 e. The van der Waals surface area contributed by atoms with Gasteiger partial charge in [-0.2, -0.15) is 4.68 Å². The fourth-order valence-electron chi connectivity index (χ4n) is 1.12. The van der Waals surface area contributed by atoms with Crippen molar-refractivity contribution < 1.29 is 0 Å². The van der Waals surface area contributed by atoms with Crippen LogP contribution in [0.3, 0.4) is 0 Å². The molecule has 5 nitrogen and oxygen atoms in total. The Balaban J connectivity index is 0.00000112. The van der Waals surface area contributed by atoms with Crippen molar-refractivity contribution in [1.82, 2.24) is 20.2 Å². The van der Waals surface area contributed by atoms with E-state index >= 15 is 0 Å². The fourth-order valence-corrected chi connectivity index (χ4v) is 1.38. The molecule has 0 aliphatic heterocycles. The summed E-state index contributed by atoms with van der Waals surface area (Å²) in [4.78, 5) is 0.